The zero-order valence-electron chi connectivity index (χ0n) is 9.43. The molecule has 1 aliphatic heterocycles. The van der Waals surface area contributed by atoms with Gasteiger partial charge in [-0.05, 0) is 25.3 Å². The first-order valence-electron chi connectivity index (χ1n) is 5.65. The van der Waals surface area contributed by atoms with Crippen molar-refractivity contribution in [2.45, 2.75) is 25.8 Å². The van der Waals surface area contributed by atoms with Crippen LogP contribution in [-0.4, -0.2) is 29.4 Å². The molecule has 1 unspecified atom stereocenters. The number of hydrogen-bond acceptors (Lipinski definition) is 3. The molecule has 0 bridgehead atoms. The first kappa shape index (κ1) is 10.9. The molecule has 4 nitrogen and oxygen atoms in total. The Hall–Kier alpha value is -1.58. The molecule has 1 aliphatic rings. The summed E-state index contributed by atoms with van der Waals surface area (Å²) in [4.78, 5) is 16.9. The van der Waals surface area contributed by atoms with Crippen LogP contribution in [0.1, 0.15) is 31.4 Å². The monoisotopic (exact) mass is 220 g/mol. The zero-order chi connectivity index (χ0) is 11.4. The van der Waals surface area contributed by atoms with Crippen LogP contribution in [0.5, 0.6) is 5.88 Å². The van der Waals surface area contributed by atoms with E-state index in [9.17, 15) is 4.79 Å². The van der Waals surface area contributed by atoms with E-state index < -0.39 is 0 Å². The molecule has 86 valence electrons. The highest BCUT2D eigenvalue weighted by atomic mass is 16.5. The van der Waals surface area contributed by atoms with Crippen molar-refractivity contribution in [2.75, 3.05) is 13.2 Å². The number of rotatable bonds is 4. The Morgan fingerprint density at radius 2 is 2.50 bits per heavy atom. The minimum absolute atomic E-state index is 0.195. The van der Waals surface area contributed by atoms with Gasteiger partial charge in [-0.25, -0.2) is 4.98 Å². The molecule has 1 aromatic heterocycles. The van der Waals surface area contributed by atoms with Crippen molar-refractivity contribution >= 4 is 6.41 Å². The summed E-state index contributed by atoms with van der Waals surface area (Å²) >= 11 is 0. The van der Waals surface area contributed by atoms with Gasteiger partial charge in [-0.1, -0.05) is 6.07 Å². The molecule has 16 heavy (non-hydrogen) atoms. The van der Waals surface area contributed by atoms with Crippen molar-refractivity contribution in [1.82, 2.24) is 9.88 Å². The Kier molecular flexibility index (Phi) is 3.39. The summed E-state index contributed by atoms with van der Waals surface area (Å²) in [5, 5.41) is 0. The largest absolute Gasteiger partial charge is 0.478 e. The number of nitrogens with zero attached hydrogens (tertiary/aromatic N) is 2. The van der Waals surface area contributed by atoms with Crippen molar-refractivity contribution in [3.8, 4) is 5.88 Å². The van der Waals surface area contributed by atoms with Crippen LogP contribution in [0.15, 0.2) is 18.3 Å². The first-order valence-corrected chi connectivity index (χ1v) is 5.65. The molecular weight excluding hydrogens is 204 g/mol. The van der Waals surface area contributed by atoms with Gasteiger partial charge >= 0.3 is 0 Å². The number of amides is 1. The molecule has 2 rings (SSSR count). The maximum Gasteiger partial charge on any atom is 0.213 e. The van der Waals surface area contributed by atoms with E-state index in [0.717, 1.165) is 31.4 Å². The summed E-state index contributed by atoms with van der Waals surface area (Å²) in [6.45, 7) is 3.40. The van der Waals surface area contributed by atoms with E-state index in [0.29, 0.717) is 12.5 Å². The highest BCUT2D eigenvalue weighted by molar-refractivity contribution is 5.49. The van der Waals surface area contributed by atoms with Crippen molar-refractivity contribution in [2.24, 2.45) is 0 Å². The van der Waals surface area contributed by atoms with E-state index in [-0.39, 0.29) is 6.04 Å². The van der Waals surface area contributed by atoms with Crippen molar-refractivity contribution in [3.63, 3.8) is 0 Å². The Morgan fingerprint density at radius 3 is 3.12 bits per heavy atom. The van der Waals surface area contributed by atoms with E-state index in [1.807, 2.05) is 24.0 Å². The zero-order valence-corrected chi connectivity index (χ0v) is 9.43. The van der Waals surface area contributed by atoms with Crippen LogP contribution in [0.25, 0.3) is 0 Å². The Morgan fingerprint density at radius 1 is 1.62 bits per heavy atom. The van der Waals surface area contributed by atoms with E-state index in [1.165, 1.54) is 0 Å². The molecule has 1 aromatic rings. The number of pyridine rings is 1. The third kappa shape index (κ3) is 2.15. The van der Waals surface area contributed by atoms with Gasteiger partial charge < -0.3 is 9.64 Å². The second-order valence-electron chi connectivity index (χ2n) is 3.86. The minimum atomic E-state index is 0.195. The number of hydrogen-bond donors (Lipinski definition) is 0. The molecule has 0 aromatic carbocycles. The quantitative estimate of drug-likeness (QED) is 0.726. The standard InChI is InChI=1S/C12H16N2O2/c1-2-16-12-6-5-10(8-13-12)11-4-3-7-14(11)9-15/h5-6,8-9,11H,2-4,7H2,1H3. The molecule has 2 heterocycles. The molecule has 0 saturated carbocycles. The SMILES string of the molecule is CCOc1ccc(C2CCCN2C=O)cn1. The Balaban J connectivity index is 2.11. The van der Waals surface area contributed by atoms with Gasteiger partial charge in [0.05, 0.1) is 12.6 Å². The topological polar surface area (TPSA) is 42.4 Å². The molecule has 0 aliphatic carbocycles. The average molecular weight is 220 g/mol. The van der Waals surface area contributed by atoms with E-state index >= 15 is 0 Å². The van der Waals surface area contributed by atoms with Crippen LogP contribution >= 0.6 is 0 Å². The van der Waals surface area contributed by atoms with Gasteiger partial charge in [0.2, 0.25) is 12.3 Å². The molecule has 1 atom stereocenters. The summed E-state index contributed by atoms with van der Waals surface area (Å²) in [5.41, 5.74) is 1.09. The highest BCUT2D eigenvalue weighted by Crippen LogP contribution is 2.30. The van der Waals surface area contributed by atoms with Crippen LogP contribution in [-0.2, 0) is 4.79 Å². The predicted octanol–water partition coefficient (Wildman–Crippen LogP) is 1.77. The summed E-state index contributed by atoms with van der Waals surface area (Å²) in [6.07, 6.45) is 4.82. The number of carbonyl (C=O) groups excluding carboxylic acids is 1. The maximum atomic E-state index is 10.8. The van der Waals surface area contributed by atoms with Gasteiger partial charge in [-0.2, -0.15) is 0 Å². The van der Waals surface area contributed by atoms with Crippen LogP contribution in [0.2, 0.25) is 0 Å². The Bertz CT molecular complexity index is 351. The number of carbonyl (C=O) groups is 1. The van der Waals surface area contributed by atoms with Crippen LogP contribution < -0.4 is 4.74 Å². The smallest absolute Gasteiger partial charge is 0.213 e. The third-order valence-corrected chi connectivity index (χ3v) is 2.87. The molecule has 0 radical (unpaired) electrons. The fourth-order valence-electron chi connectivity index (χ4n) is 2.10. The van der Waals surface area contributed by atoms with Crippen molar-refractivity contribution in [1.29, 1.82) is 0 Å². The third-order valence-electron chi connectivity index (χ3n) is 2.87. The normalized spacial score (nSPS) is 19.8. The molecule has 1 amide bonds. The second-order valence-corrected chi connectivity index (χ2v) is 3.86. The molecule has 1 fully saturated rings. The van der Waals surface area contributed by atoms with Crippen molar-refractivity contribution in [3.05, 3.63) is 23.9 Å². The maximum absolute atomic E-state index is 10.8. The lowest BCUT2D eigenvalue weighted by Gasteiger charge is -2.19. The van der Waals surface area contributed by atoms with E-state index in [2.05, 4.69) is 4.98 Å². The van der Waals surface area contributed by atoms with Gasteiger partial charge in [0.1, 0.15) is 0 Å². The van der Waals surface area contributed by atoms with E-state index in [1.54, 1.807) is 6.20 Å². The lowest BCUT2D eigenvalue weighted by Crippen LogP contribution is -2.21. The molecule has 0 spiro atoms. The number of ether oxygens (including phenoxy) is 1. The lowest BCUT2D eigenvalue weighted by atomic mass is 10.1. The lowest BCUT2D eigenvalue weighted by molar-refractivity contribution is -0.118. The molecular formula is C12H16N2O2. The first-order chi connectivity index (χ1) is 7.85. The molecule has 1 saturated heterocycles. The summed E-state index contributed by atoms with van der Waals surface area (Å²) < 4.78 is 5.28. The molecule has 4 heteroatoms. The number of aromatic nitrogens is 1. The van der Waals surface area contributed by atoms with Gasteiger partial charge in [-0.15, -0.1) is 0 Å². The Labute approximate surface area is 95.2 Å². The van der Waals surface area contributed by atoms with Gasteiger partial charge in [-0.3, -0.25) is 4.79 Å². The second kappa shape index (κ2) is 4.96. The highest BCUT2D eigenvalue weighted by Gasteiger charge is 2.24. The fraction of sp³-hybridized carbons (Fsp3) is 0.500. The van der Waals surface area contributed by atoms with Crippen LogP contribution in [0.4, 0.5) is 0 Å². The van der Waals surface area contributed by atoms with Crippen molar-refractivity contribution < 1.29 is 9.53 Å². The van der Waals surface area contributed by atoms with Gasteiger partial charge in [0.15, 0.2) is 0 Å². The van der Waals surface area contributed by atoms with Crippen LogP contribution in [0.3, 0.4) is 0 Å². The predicted molar refractivity (Wildman–Crippen MR) is 60.2 cm³/mol. The number of likely N-dealkylation sites (tertiary alicyclic amines) is 1. The minimum Gasteiger partial charge on any atom is -0.478 e. The van der Waals surface area contributed by atoms with E-state index in [4.69, 9.17) is 4.74 Å². The van der Waals surface area contributed by atoms with Gasteiger partial charge in [0, 0.05) is 18.8 Å². The van der Waals surface area contributed by atoms with Crippen LogP contribution in [0, 0.1) is 0 Å². The van der Waals surface area contributed by atoms with Gasteiger partial charge in [0.25, 0.3) is 0 Å². The summed E-state index contributed by atoms with van der Waals surface area (Å²) in [6, 6.07) is 4.05. The molecule has 0 N–H and O–H groups in total. The summed E-state index contributed by atoms with van der Waals surface area (Å²) in [5.74, 6) is 0.641. The fourth-order valence-corrected chi connectivity index (χ4v) is 2.10. The average Bonchev–Trinajstić information content (AvgIpc) is 2.78. The summed E-state index contributed by atoms with van der Waals surface area (Å²) in [7, 11) is 0.